The fourth-order valence-electron chi connectivity index (χ4n) is 4.24. The number of nitrogens with one attached hydrogen (secondary N) is 2. The highest BCUT2D eigenvalue weighted by molar-refractivity contribution is 5.80. The van der Waals surface area contributed by atoms with Crippen molar-refractivity contribution in [1.29, 1.82) is 0 Å². The van der Waals surface area contributed by atoms with Crippen LogP contribution in [0.15, 0.2) is 27.8 Å². The highest BCUT2D eigenvalue weighted by Gasteiger charge is 2.45. The van der Waals surface area contributed by atoms with Crippen molar-refractivity contribution in [2.45, 2.75) is 89.9 Å². The van der Waals surface area contributed by atoms with Gasteiger partial charge in [0.2, 0.25) is 0 Å². The molecule has 2 atom stereocenters. The van der Waals surface area contributed by atoms with Gasteiger partial charge in [-0.25, -0.2) is 4.79 Å². The molecular formula is C22H36N4O3. The minimum Gasteiger partial charge on any atom is -0.469 e. The highest BCUT2D eigenvalue weighted by Crippen LogP contribution is 2.36. The molecule has 2 unspecified atom stereocenters. The maximum Gasteiger partial charge on any atom is 0.410 e. The van der Waals surface area contributed by atoms with Crippen LogP contribution in [0.25, 0.3) is 0 Å². The molecule has 7 nitrogen and oxygen atoms in total. The van der Waals surface area contributed by atoms with Crippen molar-refractivity contribution in [3.63, 3.8) is 0 Å². The Balaban J connectivity index is 1.54. The summed E-state index contributed by atoms with van der Waals surface area (Å²) >= 11 is 0. The molecule has 2 fully saturated rings. The molecule has 2 saturated heterocycles. The summed E-state index contributed by atoms with van der Waals surface area (Å²) in [7, 11) is 0. The van der Waals surface area contributed by atoms with Gasteiger partial charge >= 0.3 is 6.09 Å². The van der Waals surface area contributed by atoms with Gasteiger partial charge in [0.25, 0.3) is 0 Å². The number of rotatable bonds is 6. The van der Waals surface area contributed by atoms with Gasteiger partial charge in [-0.15, -0.1) is 0 Å². The first-order valence-electron chi connectivity index (χ1n) is 10.9. The number of guanidine groups is 1. The lowest BCUT2D eigenvalue weighted by Gasteiger charge is -2.40. The predicted molar refractivity (Wildman–Crippen MR) is 114 cm³/mol. The second-order valence-electron chi connectivity index (χ2n) is 9.07. The summed E-state index contributed by atoms with van der Waals surface area (Å²) in [5, 5.41) is 7.04. The van der Waals surface area contributed by atoms with Crippen molar-refractivity contribution in [2.75, 3.05) is 13.1 Å². The summed E-state index contributed by atoms with van der Waals surface area (Å²) < 4.78 is 11.0. The van der Waals surface area contributed by atoms with Crippen LogP contribution in [-0.2, 0) is 11.2 Å². The fraction of sp³-hybridized carbons (Fsp3) is 0.727. The summed E-state index contributed by atoms with van der Waals surface area (Å²) in [6.07, 6.45) is 7.33. The van der Waals surface area contributed by atoms with Gasteiger partial charge in [0.05, 0.1) is 6.26 Å². The Morgan fingerprint density at radius 1 is 1.31 bits per heavy atom. The topological polar surface area (TPSA) is 79.1 Å². The van der Waals surface area contributed by atoms with Gasteiger partial charge in [-0.3, -0.25) is 4.99 Å². The first-order chi connectivity index (χ1) is 13.9. The zero-order valence-electron chi connectivity index (χ0n) is 18.2. The molecule has 0 aliphatic carbocycles. The molecule has 0 saturated carbocycles. The van der Waals surface area contributed by atoms with Crippen LogP contribution in [-0.4, -0.2) is 53.8 Å². The molecule has 0 aromatic carbocycles. The summed E-state index contributed by atoms with van der Waals surface area (Å²) in [6, 6.07) is 4.71. The highest BCUT2D eigenvalue weighted by atomic mass is 16.6. The average molecular weight is 405 g/mol. The van der Waals surface area contributed by atoms with Gasteiger partial charge in [0, 0.05) is 37.6 Å². The molecule has 1 aromatic rings. The summed E-state index contributed by atoms with van der Waals surface area (Å²) in [5.74, 6) is 1.82. The van der Waals surface area contributed by atoms with Crippen LogP contribution in [0.5, 0.6) is 0 Å². The first kappa shape index (κ1) is 21.5. The van der Waals surface area contributed by atoms with Crippen molar-refractivity contribution >= 4 is 12.1 Å². The molecule has 3 heterocycles. The zero-order chi connectivity index (χ0) is 20.9. The number of aliphatic imine (C=N–C) groups is 1. The van der Waals surface area contributed by atoms with Crippen molar-refractivity contribution in [1.82, 2.24) is 15.5 Å². The van der Waals surface area contributed by atoms with E-state index in [0.717, 1.165) is 63.3 Å². The Labute approximate surface area is 174 Å². The van der Waals surface area contributed by atoms with E-state index in [0.29, 0.717) is 6.04 Å². The fourth-order valence-corrected chi connectivity index (χ4v) is 4.24. The lowest BCUT2D eigenvalue weighted by atomic mass is 9.98. The van der Waals surface area contributed by atoms with Gasteiger partial charge in [-0.1, -0.05) is 6.92 Å². The van der Waals surface area contributed by atoms with Gasteiger partial charge in [-0.2, -0.15) is 0 Å². The molecule has 1 amide bonds. The molecule has 2 N–H and O–H groups in total. The Hall–Kier alpha value is -2.18. The third kappa shape index (κ3) is 6.15. The van der Waals surface area contributed by atoms with Crippen molar-refractivity contribution in [3.05, 3.63) is 24.2 Å². The van der Waals surface area contributed by atoms with Gasteiger partial charge in [-0.05, 0) is 65.0 Å². The summed E-state index contributed by atoms with van der Waals surface area (Å²) in [4.78, 5) is 19.3. The van der Waals surface area contributed by atoms with E-state index in [1.807, 2.05) is 37.8 Å². The number of carbonyl (C=O) groups excluding carboxylic acids is 1. The van der Waals surface area contributed by atoms with E-state index in [9.17, 15) is 4.79 Å². The molecule has 2 bridgehead atoms. The number of hydrogen-bond donors (Lipinski definition) is 2. The number of hydrogen-bond acceptors (Lipinski definition) is 4. The minimum atomic E-state index is -0.455. The Morgan fingerprint density at radius 3 is 2.62 bits per heavy atom. The average Bonchev–Trinajstić information content (AvgIpc) is 3.24. The van der Waals surface area contributed by atoms with Crippen LogP contribution in [0.3, 0.4) is 0 Å². The zero-order valence-corrected chi connectivity index (χ0v) is 18.2. The summed E-state index contributed by atoms with van der Waals surface area (Å²) in [5.41, 5.74) is -0.455. The molecule has 1 aromatic heterocycles. The number of nitrogens with zero attached hydrogens (tertiary/aromatic N) is 2. The molecule has 2 aliphatic heterocycles. The third-order valence-corrected chi connectivity index (χ3v) is 5.42. The van der Waals surface area contributed by atoms with E-state index in [1.54, 1.807) is 6.26 Å². The van der Waals surface area contributed by atoms with E-state index in [2.05, 4.69) is 22.5 Å². The predicted octanol–water partition coefficient (Wildman–Crippen LogP) is 3.70. The van der Waals surface area contributed by atoms with Crippen molar-refractivity contribution in [3.8, 4) is 0 Å². The molecule has 0 spiro atoms. The first-order valence-corrected chi connectivity index (χ1v) is 10.9. The molecular weight excluding hydrogens is 368 g/mol. The van der Waals surface area contributed by atoms with E-state index in [1.165, 1.54) is 0 Å². The van der Waals surface area contributed by atoms with Crippen LogP contribution < -0.4 is 10.6 Å². The maximum atomic E-state index is 12.6. The van der Waals surface area contributed by atoms with Gasteiger partial charge < -0.3 is 24.7 Å². The van der Waals surface area contributed by atoms with E-state index in [4.69, 9.17) is 9.15 Å². The molecule has 2 aliphatic rings. The molecule has 29 heavy (non-hydrogen) atoms. The van der Waals surface area contributed by atoms with E-state index < -0.39 is 5.60 Å². The Morgan fingerprint density at radius 2 is 2.03 bits per heavy atom. The summed E-state index contributed by atoms with van der Waals surface area (Å²) in [6.45, 7) is 9.46. The van der Waals surface area contributed by atoms with Crippen molar-refractivity contribution in [2.24, 2.45) is 4.99 Å². The lowest BCUT2D eigenvalue weighted by Crippen LogP contribution is -2.55. The third-order valence-electron chi connectivity index (χ3n) is 5.42. The molecule has 162 valence electrons. The minimum absolute atomic E-state index is 0.167. The van der Waals surface area contributed by atoms with Crippen LogP contribution in [0.4, 0.5) is 4.79 Å². The van der Waals surface area contributed by atoms with Crippen LogP contribution in [0.1, 0.15) is 65.6 Å². The number of amides is 1. The number of fused-ring (bicyclic) bond motifs is 2. The number of carbonyl (C=O) groups is 1. The van der Waals surface area contributed by atoms with E-state index in [-0.39, 0.29) is 18.2 Å². The molecule has 3 rings (SSSR count). The van der Waals surface area contributed by atoms with Crippen molar-refractivity contribution < 1.29 is 13.9 Å². The Kier molecular flexibility index (Phi) is 7.09. The van der Waals surface area contributed by atoms with Crippen LogP contribution in [0, 0.1) is 0 Å². The SMILES string of the molecule is CCCN=C(NCCc1ccco1)NC1CC2CCC(C1)N2C(=O)OC(C)(C)C. The van der Waals surface area contributed by atoms with Gasteiger partial charge in [0.1, 0.15) is 11.4 Å². The largest absolute Gasteiger partial charge is 0.469 e. The quantitative estimate of drug-likeness (QED) is 0.558. The second-order valence-corrected chi connectivity index (χ2v) is 9.07. The number of piperidine rings is 1. The number of furan rings is 1. The van der Waals surface area contributed by atoms with Crippen LogP contribution in [0.2, 0.25) is 0 Å². The second kappa shape index (κ2) is 9.55. The normalized spacial score (nSPS) is 24.5. The maximum absolute atomic E-state index is 12.6. The van der Waals surface area contributed by atoms with E-state index >= 15 is 0 Å². The smallest absolute Gasteiger partial charge is 0.410 e. The Bertz CT molecular complexity index is 667. The number of ether oxygens (including phenoxy) is 1. The monoisotopic (exact) mass is 404 g/mol. The van der Waals surface area contributed by atoms with Crippen LogP contribution >= 0.6 is 0 Å². The standard InChI is InChI=1S/C22H36N4O3/c1-5-11-23-20(24-12-10-19-7-6-13-28-19)25-16-14-17-8-9-18(15-16)26(17)21(27)29-22(2,3)4/h6-7,13,16-18H,5,8-12,14-15H2,1-4H3,(H2,23,24,25). The molecule has 7 heteroatoms. The molecule has 0 radical (unpaired) electrons. The lowest BCUT2D eigenvalue weighted by molar-refractivity contribution is 0.00545. The van der Waals surface area contributed by atoms with Gasteiger partial charge in [0.15, 0.2) is 5.96 Å².